The standard InChI is InChI=1S/C22H24ClN3O2.ClH/c23-18-6-7-21-16(13-18)12-17(15-28-21)22(27)26(14-19-4-1-2-10-25-19)20-5-3-9-24-11-8-20;/h1-2,4,6-7,10,12-13,20,24H,3,5,8-9,11,14-15H2;1H. The summed E-state index contributed by atoms with van der Waals surface area (Å²) in [5.74, 6) is 0.777. The maximum Gasteiger partial charge on any atom is 0.253 e. The SMILES string of the molecule is Cl.O=C(C1=Cc2cc(Cl)ccc2OC1)N(Cc1ccccn1)C1CCCNCC1. The van der Waals surface area contributed by atoms with Crippen molar-refractivity contribution in [3.63, 3.8) is 0 Å². The molecule has 29 heavy (non-hydrogen) atoms. The quantitative estimate of drug-likeness (QED) is 0.787. The van der Waals surface area contributed by atoms with Gasteiger partial charge in [-0.2, -0.15) is 0 Å². The van der Waals surface area contributed by atoms with E-state index in [1.807, 2.05) is 41.3 Å². The minimum Gasteiger partial charge on any atom is -0.488 e. The van der Waals surface area contributed by atoms with E-state index >= 15 is 0 Å². The fraction of sp³-hybridized carbons (Fsp3) is 0.364. The lowest BCUT2D eigenvalue weighted by Gasteiger charge is -2.32. The summed E-state index contributed by atoms with van der Waals surface area (Å²) in [6.07, 6.45) is 6.67. The van der Waals surface area contributed by atoms with Crippen LogP contribution in [-0.2, 0) is 11.3 Å². The second kappa shape index (κ2) is 10.1. The van der Waals surface area contributed by atoms with Gasteiger partial charge in [0, 0.05) is 22.8 Å². The highest BCUT2D eigenvalue weighted by atomic mass is 35.5. The van der Waals surface area contributed by atoms with E-state index in [4.69, 9.17) is 16.3 Å². The van der Waals surface area contributed by atoms with Crippen molar-refractivity contribution >= 4 is 36.0 Å². The van der Waals surface area contributed by atoms with Gasteiger partial charge in [-0.05, 0) is 68.8 Å². The van der Waals surface area contributed by atoms with Crippen LogP contribution in [0.2, 0.25) is 5.02 Å². The molecule has 1 N–H and O–H groups in total. The monoisotopic (exact) mass is 433 g/mol. The van der Waals surface area contributed by atoms with Gasteiger partial charge in [0.2, 0.25) is 0 Å². The molecule has 1 amide bonds. The zero-order valence-corrected chi connectivity index (χ0v) is 17.7. The van der Waals surface area contributed by atoms with Gasteiger partial charge in [0.1, 0.15) is 12.4 Å². The summed E-state index contributed by atoms with van der Waals surface area (Å²) in [4.78, 5) is 19.9. The fourth-order valence-corrected chi connectivity index (χ4v) is 3.98. The molecule has 2 aliphatic rings. The summed E-state index contributed by atoms with van der Waals surface area (Å²) in [5, 5.41) is 4.06. The van der Waals surface area contributed by atoms with E-state index in [9.17, 15) is 4.79 Å². The van der Waals surface area contributed by atoms with Crippen molar-refractivity contribution in [1.29, 1.82) is 0 Å². The summed E-state index contributed by atoms with van der Waals surface area (Å²) >= 11 is 6.12. The number of rotatable bonds is 4. The first-order valence-corrected chi connectivity index (χ1v) is 10.1. The summed E-state index contributed by atoms with van der Waals surface area (Å²) in [5.41, 5.74) is 2.40. The predicted molar refractivity (Wildman–Crippen MR) is 117 cm³/mol. The normalized spacial score (nSPS) is 18.4. The number of pyridine rings is 1. The van der Waals surface area contributed by atoms with Crippen molar-refractivity contribution in [2.45, 2.75) is 31.8 Å². The second-order valence-corrected chi connectivity index (χ2v) is 7.67. The van der Waals surface area contributed by atoms with E-state index in [1.165, 1.54) is 0 Å². The maximum atomic E-state index is 13.5. The molecule has 0 aliphatic carbocycles. The molecule has 4 rings (SSSR count). The highest BCUT2D eigenvalue weighted by Crippen LogP contribution is 2.30. The number of carbonyl (C=O) groups is 1. The number of nitrogens with one attached hydrogen (secondary N) is 1. The van der Waals surface area contributed by atoms with Crippen molar-refractivity contribution in [2.75, 3.05) is 19.7 Å². The molecule has 0 saturated carbocycles. The number of hydrogen-bond donors (Lipinski definition) is 1. The Morgan fingerprint density at radius 1 is 1.24 bits per heavy atom. The van der Waals surface area contributed by atoms with E-state index < -0.39 is 0 Å². The minimum atomic E-state index is 0. The Kier molecular flexibility index (Phi) is 7.53. The Balaban J connectivity index is 0.00000240. The van der Waals surface area contributed by atoms with Crippen LogP contribution in [0, 0.1) is 0 Å². The Hall–Kier alpha value is -2.08. The van der Waals surface area contributed by atoms with Gasteiger partial charge in [-0.25, -0.2) is 0 Å². The third-order valence-corrected chi connectivity index (χ3v) is 5.50. The molecule has 154 valence electrons. The molecule has 1 aromatic carbocycles. The number of hydrogen-bond acceptors (Lipinski definition) is 4. The first-order chi connectivity index (χ1) is 13.7. The van der Waals surface area contributed by atoms with Crippen LogP contribution in [0.1, 0.15) is 30.5 Å². The molecule has 1 saturated heterocycles. The van der Waals surface area contributed by atoms with Crippen LogP contribution in [0.25, 0.3) is 6.08 Å². The molecule has 5 nitrogen and oxygen atoms in total. The highest BCUT2D eigenvalue weighted by Gasteiger charge is 2.29. The molecule has 1 unspecified atom stereocenters. The third kappa shape index (κ3) is 5.30. The van der Waals surface area contributed by atoms with Crippen LogP contribution in [-0.4, -0.2) is 41.5 Å². The predicted octanol–water partition coefficient (Wildman–Crippen LogP) is 4.10. The van der Waals surface area contributed by atoms with Crippen LogP contribution in [0.4, 0.5) is 0 Å². The van der Waals surface area contributed by atoms with Gasteiger partial charge in [0.25, 0.3) is 5.91 Å². The van der Waals surface area contributed by atoms with Gasteiger partial charge in [-0.15, -0.1) is 12.4 Å². The average Bonchev–Trinajstić information content (AvgIpc) is 3.01. The number of fused-ring (bicyclic) bond motifs is 1. The van der Waals surface area contributed by atoms with Crippen LogP contribution < -0.4 is 10.1 Å². The highest BCUT2D eigenvalue weighted by molar-refractivity contribution is 6.30. The van der Waals surface area contributed by atoms with E-state index in [1.54, 1.807) is 12.3 Å². The molecular weight excluding hydrogens is 409 g/mol. The summed E-state index contributed by atoms with van der Waals surface area (Å²) in [7, 11) is 0. The van der Waals surface area contributed by atoms with Crippen molar-refractivity contribution in [3.8, 4) is 5.75 Å². The summed E-state index contributed by atoms with van der Waals surface area (Å²) in [6.45, 7) is 2.70. The first-order valence-electron chi connectivity index (χ1n) is 9.75. The maximum absolute atomic E-state index is 13.5. The zero-order chi connectivity index (χ0) is 19.3. The number of halogens is 2. The van der Waals surface area contributed by atoms with Crippen LogP contribution >= 0.6 is 24.0 Å². The molecule has 0 spiro atoms. The van der Waals surface area contributed by atoms with Gasteiger partial charge >= 0.3 is 0 Å². The minimum absolute atomic E-state index is 0. The smallest absolute Gasteiger partial charge is 0.253 e. The zero-order valence-electron chi connectivity index (χ0n) is 16.1. The van der Waals surface area contributed by atoms with Crippen molar-refractivity contribution in [1.82, 2.24) is 15.2 Å². The molecule has 2 aliphatic heterocycles. The van der Waals surface area contributed by atoms with E-state index in [2.05, 4.69) is 10.3 Å². The molecule has 3 heterocycles. The van der Waals surface area contributed by atoms with Crippen molar-refractivity contribution < 1.29 is 9.53 Å². The largest absolute Gasteiger partial charge is 0.488 e. The number of carbonyl (C=O) groups excluding carboxylic acids is 1. The molecule has 7 heteroatoms. The van der Waals surface area contributed by atoms with Crippen molar-refractivity contribution in [3.05, 3.63) is 64.4 Å². The fourth-order valence-electron chi connectivity index (χ4n) is 3.80. The van der Waals surface area contributed by atoms with Crippen LogP contribution in [0.5, 0.6) is 5.75 Å². The van der Waals surface area contributed by atoms with Crippen molar-refractivity contribution in [2.24, 2.45) is 0 Å². The Labute approximate surface area is 182 Å². The van der Waals surface area contributed by atoms with Crippen LogP contribution in [0.3, 0.4) is 0 Å². The number of ether oxygens (including phenoxy) is 1. The Bertz CT molecular complexity index is 866. The molecule has 0 bridgehead atoms. The summed E-state index contributed by atoms with van der Waals surface area (Å²) < 4.78 is 5.82. The molecule has 0 radical (unpaired) electrons. The van der Waals surface area contributed by atoms with Crippen LogP contribution in [0.15, 0.2) is 48.2 Å². The third-order valence-electron chi connectivity index (χ3n) is 5.26. The summed E-state index contributed by atoms with van der Waals surface area (Å²) in [6, 6.07) is 11.5. The van der Waals surface area contributed by atoms with Gasteiger partial charge in [-0.1, -0.05) is 17.7 Å². The lowest BCUT2D eigenvalue weighted by atomic mass is 10.0. The molecule has 1 fully saturated rings. The lowest BCUT2D eigenvalue weighted by molar-refractivity contribution is -0.130. The molecule has 1 atom stereocenters. The molecular formula is C22H25Cl2N3O2. The topological polar surface area (TPSA) is 54.5 Å². The Morgan fingerprint density at radius 2 is 2.14 bits per heavy atom. The van der Waals surface area contributed by atoms with Gasteiger partial charge in [0.15, 0.2) is 0 Å². The molecule has 2 aromatic rings. The molecule has 1 aromatic heterocycles. The second-order valence-electron chi connectivity index (χ2n) is 7.23. The average molecular weight is 434 g/mol. The number of aromatic nitrogens is 1. The number of nitrogens with zero attached hydrogens (tertiary/aromatic N) is 2. The lowest BCUT2D eigenvalue weighted by Crippen LogP contribution is -2.42. The van der Waals surface area contributed by atoms with E-state index in [0.717, 1.165) is 49.4 Å². The number of benzene rings is 1. The van der Waals surface area contributed by atoms with E-state index in [-0.39, 0.29) is 31.0 Å². The van der Waals surface area contributed by atoms with Gasteiger partial charge in [-0.3, -0.25) is 9.78 Å². The van der Waals surface area contributed by atoms with Gasteiger partial charge in [0.05, 0.1) is 17.8 Å². The number of amides is 1. The van der Waals surface area contributed by atoms with E-state index in [0.29, 0.717) is 17.1 Å². The Morgan fingerprint density at radius 3 is 2.97 bits per heavy atom. The first kappa shape index (κ1) is 21.6. The van der Waals surface area contributed by atoms with Gasteiger partial charge < -0.3 is 15.0 Å².